The third kappa shape index (κ3) is 5.92. The molecule has 0 N–H and O–H groups in total. The molecule has 4 aromatic carbocycles. The number of hydrogen-bond donors (Lipinski definition) is 0. The number of benzene rings is 4. The molecule has 4 heterocycles. The van der Waals surface area contributed by atoms with E-state index >= 15 is 0 Å². The zero-order valence-corrected chi connectivity index (χ0v) is 32.2. The van der Waals surface area contributed by atoms with Crippen molar-refractivity contribution < 1.29 is 4.57 Å². The quantitative estimate of drug-likeness (QED) is 0.130. The van der Waals surface area contributed by atoms with Gasteiger partial charge >= 0.3 is 5.65 Å². The number of imidazole rings is 1. The minimum absolute atomic E-state index is 0.764. The fraction of sp³-hybridized carbons (Fsp3) is 0.170. The van der Waals surface area contributed by atoms with Gasteiger partial charge in [-0.1, -0.05) is 77.8 Å². The lowest BCUT2D eigenvalue weighted by Crippen LogP contribution is -2.35. The normalized spacial score (nSPS) is 14.8. The average molecular weight is 735 g/mol. The molecule has 1 aliphatic carbocycles. The third-order valence-corrected chi connectivity index (χ3v) is 10.5. The van der Waals surface area contributed by atoms with Gasteiger partial charge in [-0.05, 0) is 106 Å². The Hall–Kier alpha value is -6.87. The van der Waals surface area contributed by atoms with Crippen molar-refractivity contribution in [3.8, 4) is 0 Å². The molecule has 56 heavy (non-hydrogen) atoms. The molecule has 7 aromatic rings. The number of hydrogen-bond acceptors (Lipinski definition) is 7. The third-order valence-electron chi connectivity index (χ3n) is 10.5. The van der Waals surface area contributed by atoms with E-state index in [9.17, 15) is 0 Å². The van der Waals surface area contributed by atoms with Gasteiger partial charge in [0.15, 0.2) is 17.2 Å². The number of para-hydroxylation sites is 6. The minimum atomic E-state index is 0.764. The summed E-state index contributed by atoms with van der Waals surface area (Å²) in [7, 11) is 0. The fourth-order valence-corrected chi connectivity index (χ4v) is 7.94. The maximum absolute atomic E-state index is 5.09. The maximum Gasteiger partial charge on any atom is 0.323 e. The largest absolute Gasteiger partial charge is 0.323 e. The van der Waals surface area contributed by atoms with Crippen molar-refractivity contribution in [2.75, 3.05) is 27.8 Å². The molecule has 0 bridgehead atoms. The zero-order valence-electron chi connectivity index (χ0n) is 32.2. The molecule has 276 valence electrons. The Balaban J connectivity index is 1.22. The Morgan fingerprint density at radius 1 is 0.571 bits per heavy atom. The second-order valence-electron chi connectivity index (χ2n) is 13.7. The number of allylic oxidation sites excluding steroid dienone is 6. The number of nitrogens with zero attached hydrogens (tertiary/aromatic N) is 9. The Morgan fingerprint density at radius 3 is 1.64 bits per heavy atom. The lowest BCUT2D eigenvalue weighted by atomic mass is 10.1. The van der Waals surface area contributed by atoms with Gasteiger partial charge in [-0.3, -0.25) is 0 Å². The number of fused-ring (bicyclic) bond motifs is 4. The van der Waals surface area contributed by atoms with Gasteiger partial charge in [-0.15, -0.1) is 0 Å². The van der Waals surface area contributed by atoms with E-state index in [2.05, 4.69) is 149 Å². The van der Waals surface area contributed by atoms with E-state index in [1.807, 2.05) is 48.5 Å². The summed E-state index contributed by atoms with van der Waals surface area (Å²) in [6.07, 6.45) is 13.4. The molecule has 9 nitrogen and oxygen atoms in total. The summed E-state index contributed by atoms with van der Waals surface area (Å²) in [5.74, 6) is 3.89. The molecule has 0 saturated heterocycles. The molecule has 0 spiro atoms. The van der Waals surface area contributed by atoms with Gasteiger partial charge in [0.25, 0.3) is 5.65 Å². The van der Waals surface area contributed by atoms with E-state index in [1.165, 1.54) is 0 Å². The lowest BCUT2D eigenvalue weighted by molar-refractivity contribution is -0.672. The van der Waals surface area contributed by atoms with E-state index in [-0.39, 0.29) is 0 Å². The summed E-state index contributed by atoms with van der Waals surface area (Å²) in [5, 5.41) is 0. The van der Waals surface area contributed by atoms with Crippen LogP contribution in [0.25, 0.3) is 39.4 Å². The van der Waals surface area contributed by atoms with Gasteiger partial charge in [-0.2, -0.15) is 0 Å². The Bertz CT molecular complexity index is 2610. The van der Waals surface area contributed by atoms with Crippen molar-refractivity contribution >= 4 is 62.4 Å². The van der Waals surface area contributed by atoms with Gasteiger partial charge in [0.2, 0.25) is 5.82 Å². The number of aryl methyl sites for hydroxylation is 2. The minimum Gasteiger partial charge on any atom is -0.310 e. The van der Waals surface area contributed by atoms with Crippen LogP contribution in [-0.4, -0.2) is 37.6 Å². The monoisotopic (exact) mass is 734 g/mol. The highest BCUT2D eigenvalue weighted by Gasteiger charge is 2.33. The molecule has 0 amide bonds. The molecule has 2 aliphatic rings. The highest BCUT2D eigenvalue weighted by Crippen LogP contribution is 2.41. The van der Waals surface area contributed by atoms with Crippen molar-refractivity contribution in [3.63, 3.8) is 0 Å². The highest BCUT2D eigenvalue weighted by atomic mass is 15.4. The van der Waals surface area contributed by atoms with Crippen LogP contribution in [0.1, 0.15) is 33.5 Å². The number of anilines is 4. The second-order valence-corrected chi connectivity index (χ2v) is 13.7. The smallest absolute Gasteiger partial charge is 0.310 e. The molecule has 0 radical (unpaired) electrons. The van der Waals surface area contributed by atoms with Gasteiger partial charge in [0.05, 0.1) is 29.8 Å². The number of rotatable bonds is 10. The number of aromatic nitrogens is 6. The van der Waals surface area contributed by atoms with E-state index in [0.717, 1.165) is 111 Å². The first-order chi connectivity index (χ1) is 27.6. The van der Waals surface area contributed by atoms with Gasteiger partial charge in [-0.25, -0.2) is 24.1 Å². The molecule has 9 heteroatoms. The summed E-state index contributed by atoms with van der Waals surface area (Å²) in [4.78, 5) is 27.3. The van der Waals surface area contributed by atoms with Crippen molar-refractivity contribution in [1.29, 1.82) is 0 Å². The van der Waals surface area contributed by atoms with Crippen LogP contribution in [0, 0.1) is 0 Å². The molecule has 0 fully saturated rings. The van der Waals surface area contributed by atoms with Crippen molar-refractivity contribution in [2.24, 2.45) is 0 Å². The standard InChI is InChI=1S/C47H44N9/c1-5-52-41(53(6-2)45-44(52)48-37-23-15-16-24-38(37)49-45)31-29-33-27-28-34(43(33)56(35-19-11-9-12-20-35)36-21-13-10-14-22-36)30-32-42-54(7-3)46-47(55(42)8-4)51-40-26-18-17-25-39(40)50-46/h9-32H,5-8H2,1-4H3/q+1. The molecular formula is C47H44N9+. The molecule has 9 rings (SSSR count). The van der Waals surface area contributed by atoms with Crippen LogP contribution in [-0.2, 0) is 13.1 Å². The SMILES string of the molecule is CCN1C(=CC=C2C=CC(C=Cc3n(CC)c4nc5ccccc5nc4[n+]3CC)=C2N(c2ccccc2)c2ccccc2)N(CC)c2nc3ccccc3nc21. The summed E-state index contributed by atoms with van der Waals surface area (Å²) in [6, 6.07) is 37.4. The van der Waals surface area contributed by atoms with E-state index < -0.39 is 0 Å². The van der Waals surface area contributed by atoms with Crippen LogP contribution in [0.4, 0.5) is 23.0 Å². The van der Waals surface area contributed by atoms with E-state index in [0.29, 0.717) is 0 Å². The summed E-state index contributed by atoms with van der Waals surface area (Å²) in [6.45, 7) is 11.7. The maximum atomic E-state index is 5.09. The van der Waals surface area contributed by atoms with Crippen LogP contribution in [0.5, 0.6) is 0 Å². The summed E-state index contributed by atoms with van der Waals surface area (Å²) in [5.41, 5.74) is 10.8. The summed E-state index contributed by atoms with van der Waals surface area (Å²) < 4.78 is 4.53. The first-order valence-corrected chi connectivity index (χ1v) is 19.5. The Morgan fingerprint density at radius 2 is 1.11 bits per heavy atom. The molecule has 3 aromatic heterocycles. The summed E-state index contributed by atoms with van der Waals surface area (Å²) >= 11 is 0. The first-order valence-electron chi connectivity index (χ1n) is 19.5. The van der Waals surface area contributed by atoms with Crippen LogP contribution in [0.15, 0.2) is 162 Å². The Kier molecular flexibility index (Phi) is 9.19. The van der Waals surface area contributed by atoms with E-state index in [1.54, 1.807) is 0 Å². The second kappa shape index (κ2) is 14.8. The van der Waals surface area contributed by atoms with E-state index in [4.69, 9.17) is 19.9 Å². The molecular weight excluding hydrogens is 691 g/mol. The Labute approximate surface area is 327 Å². The zero-order chi connectivity index (χ0) is 38.2. The van der Waals surface area contributed by atoms with Gasteiger partial charge in [0, 0.05) is 30.5 Å². The van der Waals surface area contributed by atoms with Gasteiger partial charge in [0.1, 0.15) is 11.3 Å². The predicted molar refractivity (Wildman–Crippen MR) is 229 cm³/mol. The van der Waals surface area contributed by atoms with Crippen molar-refractivity contribution in [3.05, 3.63) is 168 Å². The van der Waals surface area contributed by atoms with Crippen LogP contribution in [0.2, 0.25) is 0 Å². The highest BCUT2D eigenvalue weighted by molar-refractivity contribution is 5.86. The lowest BCUT2D eigenvalue weighted by Gasteiger charge is -2.28. The van der Waals surface area contributed by atoms with Crippen molar-refractivity contribution in [2.45, 2.75) is 40.8 Å². The molecule has 0 unspecified atom stereocenters. The predicted octanol–water partition coefficient (Wildman–Crippen LogP) is 9.66. The van der Waals surface area contributed by atoms with Crippen LogP contribution in [0.3, 0.4) is 0 Å². The molecule has 0 atom stereocenters. The first kappa shape index (κ1) is 34.9. The fourth-order valence-electron chi connectivity index (χ4n) is 7.94. The topological polar surface area (TPSA) is 70.1 Å². The van der Waals surface area contributed by atoms with Crippen LogP contribution < -0.4 is 19.3 Å². The molecule has 1 aliphatic heterocycles. The van der Waals surface area contributed by atoms with Crippen LogP contribution >= 0.6 is 0 Å². The van der Waals surface area contributed by atoms with Gasteiger partial charge < -0.3 is 14.7 Å². The van der Waals surface area contributed by atoms with Crippen molar-refractivity contribution in [1.82, 2.24) is 24.5 Å². The molecule has 0 saturated carbocycles. The average Bonchev–Trinajstić information content (AvgIpc) is 3.88.